The zero-order chi connectivity index (χ0) is 35.3. The monoisotopic (exact) mass is 685 g/mol. The van der Waals surface area contributed by atoms with Gasteiger partial charge in [0.05, 0.1) is 18.4 Å². The Morgan fingerprint density at radius 1 is 1.08 bits per heavy atom. The van der Waals surface area contributed by atoms with E-state index in [0.717, 1.165) is 24.6 Å². The van der Waals surface area contributed by atoms with Gasteiger partial charge in [-0.05, 0) is 70.3 Å². The lowest BCUT2D eigenvalue weighted by Gasteiger charge is -2.31. The molecular formula is C34H40F5N9O. The van der Waals surface area contributed by atoms with Crippen LogP contribution >= 0.6 is 0 Å². The Morgan fingerprint density at radius 2 is 1.84 bits per heavy atom. The second-order valence-corrected chi connectivity index (χ2v) is 12.6. The number of carbonyl (C=O) groups excluding carboxylic acids is 1. The molecule has 1 fully saturated rings. The molecule has 0 spiro atoms. The average molecular weight is 686 g/mol. The number of carbonyl (C=O) groups is 1. The van der Waals surface area contributed by atoms with E-state index in [1.54, 1.807) is 41.1 Å². The number of halogens is 5. The quantitative estimate of drug-likeness (QED) is 0.362. The summed E-state index contributed by atoms with van der Waals surface area (Å²) in [6.45, 7) is 3.57. The topological polar surface area (TPSA) is 101 Å². The molecule has 1 amide bonds. The van der Waals surface area contributed by atoms with Crippen LogP contribution in [0.2, 0.25) is 0 Å². The van der Waals surface area contributed by atoms with Crippen molar-refractivity contribution in [1.82, 2.24) is 25.1 Å². The van der Waals surface area contributed by atoms with Gasteiger partial charge in [0.1, 0.15) is 17.0 Å². The van der Waals surface area contributed by atoms with Crippen molar-refractivity contribution >= 4 is 29.6 Å². The van der Waals surface area contributed by atoms with Crippen LogP contribution in [0.25, 0.3) is 5.70 Å². The maximum Gasteiger partial charge on any atom is 0.413 e. The summed E-state index contributed by atoms with van der Waals surface area (Å²) in [5.74, 6) is -2.90. The van der Waals surface area contributed by atoms with Crippen LogP contribution in [0.5, 0.6) is 0 Å². The first kappa shape index (κ1) is 35.6. The fourth-order valence-electron chi connectivity index (χ4n) is 5.52. The van der Waals surface area contributed by atoms with E-state index in [-0.39, 0.29) is 43.7 Å². The molecule has 1 aromatic carbocycles. The second-order valence-electron chi connectivity index (χ2n) is 12.6. The highest BCUT2D eigenvalue weighted by Gasteiger charge is 2.35. The van der Waals surface area contributed by atoms with E-state index in [4.69, 9.17) is 0 Å². The van der Waals surface area contributed by atoms with Crippen LogP contribution in [0.15, 0.2) is 69.6 Å². The third-order valence-electron chi connectivity index (χ3n) is 8.46. The van der Waals surface area contributed by atoms with Gasteiger partial charge in [0, 0.05) is 67.7 Å². The lowest BCUT2D eigenvalue weighted by Crippen LogP contribution is -2.43. The summed E-state index contributed by atoms with van der Waals surface area (Å²) >= 11 is 0. The fraction of sp³-hybridized carbons (Fsp3) is 0.441. The summed E-state index contributed by atoms with van der Waals surface area (Å²) in [5, 5.41) is 7.03. The summed E-state index contributed by atoms with van der Waals surface area (Å²) in [6, 6.07) is 5.04. The third-order valence-corrected chi connectivity index (χ3v) is 8.46. The first-order valence-corrected chi connectivity index (χ1v) is 16.0. The molecule has 2 aliphatic heterocycles. The second kappa shape index (κ2) is 14.8. The normalized spacial score (nSPS) is 17.6. The number of alkyl halides is 5. The van der Waals surface area contributed by atoms with Crippen LogP contribution in [0.1, 0.15) is 41.6 Å². The van der Waals surface area contributed by atoms with Gasteiger partial charge in [0.2, 0.25) is 5.95 Å². The van der Waals surface area contributed by atoms with Crippen molar-refractivity contribution in [3.05, 3.63) is 81.4 Å². The average Bonchev–Trinajstić information content (AvgIpc) is 3.38. The maximum absolute atomic E-state index is 13.8. The van der Waals surface area contributed by atoms with Crippen molar-refractivity contribution in [2.75, 3.05) is 64.1 Å². The van der Waals surface area contributed by atoms with Crippen LogP contribution in [-0.4, -0.2) is 98.0 Å². The molecule has 0 atom stereocenters. The van der Waals surface area contributed by atoms with Gasteiger partial charge < -0.3 is 25.3 Å². The van der Waals surface area contributed by atoms with Crippen LogP contribution in [0.3, 0.4) is 0 Å². The van der Waals surface area contributed by atoms with E-state index >= 15 is 0 Å². The minimum atomic E-state index is -4.52. The molecule has 3 heterocycles. The molecule has 2 aromatic rings. The van der Waals surface area contributed by atoms with Gasteiger partial charge in [-0.1, -0.05) is 12.1 Å². The number of hydrogen-bond donors (Lipinski definition) is 2. The van der Waals surface area contributed by atoms with Gasteiger partial charge in [-0.2, -0.15) is 13.2 Å². The minimum Gasteiger partial charge on any atom is -0.374 e. The van der Waals surface area contributed by atoms with E-state index in [0.29, 0.717) is 40.3 Å². The Balaban J connectivity index is 1.39. The molecule has 3 aliphatic rings. The van der Waals surface area contributed by atoms with Gasteiger partial charge in [0.15, 0.2) is 0 Å². The smallest absolute Gasteiger partial charge is 0.374 e. The minimum absolute atomic E-state index is 0.117. The van der Waals surface area contributed by atoms with Crippen LogP contribution in [-0.2, 0) is 0 Å². The molecule has 5 rings (SSSR count). The van der Waals surface area contributed by atoms with Crippen molar-refractivity contribution in [1.29, 1.82) is 0 Å². The molecule has 0 radical (unpaired) electrons. The molecule has 0 bridgehead atoms. The number of fused-ring (bicyclic) bond motifs is 1. The van der Waals surface area contributed by atoms with E-state index in [9.17, 15) is 26.7 Å². The summed E-state index contributed by atoms with van der Waals surface area (Å²) in [5.41, 5.74) is 2.12. The first-order valence-electron chi connectivity index (χ1n) is 16.0. The lowest BCUT2D eigenvalue weighted by molar-refractivity contribution is -0.0930. The number of aromatic nitrogens is 2. The fourth-order valence-corrected chi connectivity index (χ4v) is 5.52. The van der Waals surface area contributed by atoms with Gasteiger partial charge >= 0.3 is 6.18 Å². The van der Waals surface area contributed by atoms with Crippen molar-refractivity contribution in [2.24, 2.45) is 9.98 Å². The van der Waals surface area contributed by atoms with Crippen LogP contribution in [0, 0.1) is 6.92 Å². The molecule has 1 aliphatic carbocycles. The molecule has 1 aromatic heterocycles. The number of aliphatic imine (C=N–C) groups is 1. The summed E-state index contributed by atoms with van der Waals surface area (Å²) in [7, 11) is 5.59. The Morgan fingerprint density at radius 3 is 2.55 bits per heavy atom. The van der Waals surface area contributed by atoms with E-state index in [1.807, 2.05) is 25.9 Å². The zero-order valence-corrected chi connectivity index (χ0v) is 27.9. The van der Waals surface area contributed by atoms with Crippen molar-refractivity contribution in [3.63, 3.8) is 0 Å². The SMILES string of the molecule is Cc1ccc(C(=O)NC2=CCC(C(F)(F)F)=CC(N(C)CCCN(C)C)=C2)cc1NC1=c2nc(N3CCC(F)(F)CC3)ncc2=NC=NC1. The van der Waals surface area contributed by atoms with Gasteiger partial charge in [-0.15, -0.1) is 0 Å². The molecule has 10 nitrogen and oxygen atoms in total. The molecule has 2 N–H and O–H groups in total. The van der Waals surface area contributed by atoms with Crippen LogP contribution in [0.4, 0.5) is 33.6 Å². The van der Waals surface area contributed by atoms with Gasteiger partial charge in [-0.25, -0.2) is 23.7 Å². The highest BCUT2D eigenvalue weighted by atomic mass is 19.4. The first-order chi connectivity index (χ1) is 23.2. The molecule has 15 heteroatoms. The van der Waals surface area contributed by atoms with Crippen molar-refractivity contribution in [3.8, 4) is 0 Å². The molecule has 0 saturated carbocycles. The zero-order valence-electron chi connectivity index (χ0n) is 27.9. The predicted octanol–water partition coefficient (Wildman–Crippen LogP) is 4.18. The Hall–Kier alpha value is -4.66. The number of amides is 1. The summed E-state index contributed by atoms with van der Waals surface area (Å²) in [4.78, 5) is 36.7. The number of benzene rings is 1. The number of hydrogen-bond acceptors (Lipinski definition) is 9. The lowest BCUT2D eigenvalue weighted by atomic mass is 10.1. The summed E-state index contributed by atoms with van der Waals surface area (Å²) < 4.78 is 69.0. The molecule has 262 valence electrons. The van der Waals surface area contributed by atoms with E-state index in [1.165, 1.54) is 18.6 Å². The van der Waals surface area contributed by atoms with Crippen LogP contribution < -0.4 is 26.2 Å². The van der Waals surface area contributed by atoms with E-state index < -0.39 is 30.0 Å². The number of nitrogens with one attached hydrogen (secondary N) is 2. The number of piperidine rings is 1. The Bertz CT molecular complexity index is 1800. The largest absolute Gasteiger partial charge is 0.413 e. The number of nitrogens with zero attached hydrogens (tertiary/aromatic N) is 7. The number of likely N-dealkylation sites (N-methyl/N-ethyl adjacent to an activating group) is 1. The highest BCUT2D eigenvalue weighted by Crippen LogP contribution is 2.32. The summed E-state index contributed by atoms with van der Waals surface area (Å²) in [6.07, 6.45) is 2.24. The maximum atomic E-state index is 13.8. The molecule has 0 unspecified atom stereocenters. The number of rotatable bonds is 10. The van der Waals surface area contributed by atoms with E-state index in [2.05, 4.69) is 30.6 Å². The van der Waals surface area contributed by atoms with Gasteiger partial charge in [-0.3, -0.25) is 9.79 Å². The number of aryl methyl sites for hydroxylation is 1. The number of allylic oxidation sites excluding steroid dienone is 4. The third kappa shape index (κ3) is 9.28. The Kier molecular flexibility index (Phi) is 10.8. The number of anilines is 2. The Labute approximate surface area is 281 Å². The predicted molar refractivity (Wildman–Crippen MR) is 179 cm³/mol. The highest BCUT2D eigenvalue weighted by molar-refractivity contribution is 5.97. The molecule has 1 saturated heterocycles. The van der Waals surface area contributed by atoms with Crippen molar-refractivity contribution in [2.45, 2.75) is 44.7 Å². The molecular weight excluding hydrogens is 645 g/mol. The molecule has 49 heavy (non-hydrogen) atoms. The standard InChI is InChI=1S/C34H40F5N9O/c1-22-6-7-23(31(49)43-25-9-8-24(34(37,38)39)17-26(18-25)47(4)13-5-12-46(2)3)16-27(22)44-29-19-40-21-42-28-20-41-32(45-30(28)29)48-14-10-33(35,36)11-15-48/h6-7,9,16-18,20-21,44H,5,8,10-15,19H2,1-4H3,(H,43,49). The van der Waals surface area contributed by atoms with Crippen molar-refractivity contribution < 1.29 is 26.7 Å². The van der Waals surface area contributed by atoms with Gasteiger partial charge in [0.25, 0.3) is 11.8 Å².